The number of anilines is 1. The van der Waals surface area contributed by atoms with E-state index in [-0.39, 0.29) is 5.91 Å². The fraction of sp³-hybridized carbons (Fsp3) is 0.190. The van der Waals surface area contributed by atoms with Crippen molar-refractivity contribution < 1.29 is 14.3 Å². The van der Waals surface area contributed by atoms with Crippen molar-refractivity contribution in [2.24, 2.45) is 0 Å². The summed E-state index contributed by atoms with van der Waals surface area (Å²) in [7, 11) is 0. The first kappa shape index (κ1) is 18.2. The molecule has 1 aromatic carbocycles. The Kier molecular flexibility index (Phi) is 5.08. The van der Waals surface area contributed by atoms with Crippen LogP contribution in [0, 0.1) is 0 Å². The number of hydrogen-bond donors (Lipinski definition) is 1. The summed E-state index contributed by atoms with van der Waals surface area (Å²) in [6.07, 6.45) is 1.20. The van der Waals surface area contributed by atoms with E-state index in [4.69, 9.17) is 4.74 Å². The van der Waals surface area contributed by atoms with Crippen LogP contribution in [0.5, 0.6) is 0 Å². The topological polar surface area (TPSA) is 71.5 Å². The second-order valence-corrected chi connectivity index (χ2v) is 7.29. The molecule has 0 unspecified atom stereocenters. The minimum atomic E-state index is -0.471. The molecule has 0 bridgehead atoms. The zero-order valence-corrected chi connectivity index (χ0v) is 16.1. The van der Waals surface area contributed by atoms with Crippen LogP contribution in [0.4, 0.5) is 5.69 Å². The molecule has 3 heterocycles. The van der Waals surface area contributed by atoms with Gasteiger partial charge in [0.25, 0.3) is 5.91 Å². The molecule has 28 heavy (non-hydrogen) atoms. The predicted octanol–water partition coefficient (Wildman–Crippen LogP) is 4.09. The molecule has 0 fully saturated rings. The fourth-order valence-electron chi connectivity index (χ4n) is 3.26. The molecule has 7 heteroatoms. The number of hydrogen-bond acceptors (Lipinski definition) is 6. The zero-order valence-electron chi connectivity index (χ0n) is 15.3. The number of rotatable bonds is 6. The summed E-state index contributed by atoms with van der Waals surface area (Å²) in [4.78, 5) is 32.6. The summed E-state index contributed by atoms with van der Waals surface area (Å²) in [6, 6.07) is 14.6. The van der Waals surface area contributed by atoms with Crippen molar-refractivity contribution in [1.82, 2.24) is 9.88 Å². The van der Waals surface area contributed by atoms with E-state index in [1.165, 1.54) is 0 Å². The Morgan fingerprint density at radius 3 is 2.86 bits per heavy atom. The van der Waals surface area contributed by atoms with Gasteiger partial charge in [0.1, 0.15) is 6.17 Å². The molecular weight excluding hydrogens is 374 g/mol. The van der Waals surface area contributed by atoms with E-state index in [1.807, 2.05) is 23.6 Å². The van der Waals surface area contributed by atoms with Gasteiger partial charge in [-0.3, -0.25) is 9.78 Å². The number of nitrogens with one attached hydrogen (secondary N) is 1. The molecule has 0 saturated carbocycles. The largest absolute Gasteiger partial charge is 0.462 e. The normalized spacial score (nSPS) is 15.4. The molecule has 1 aliphatic heterocycles. The lowest BCUT2D eigenvalue weighted by molar-refractivity contribution is 0.0527. The van der Waals surface area contributed by atoms with Crippen LogP contribution in [0.15, 0.2) is 60.1 Å². The highest BCUT2D eigenvalue weighted by Gasteiger charge is 2.38. The maximum atomic E-state index is 13.0. The summed E-state index contributed by atoms with van der Waals surface area (Å²) >= 11 is 1.60. The van der Waals surface area contributed by atoms with Gasteiger partial charge in [0.05, 0.1) is 35.7 Å². The number of thiophene rings is 1. The van der Waals surface area contributed by atoms with Gasteiger partial charge < -0.3 is 15.0 Å². The number of carbonyl (C=O) groups excluding carboxylic acids is 2. The molecule has 142 valence electrons. The standard InChI is InChI=1S/C21H19N3O3S/c1-2-27-21(26)15-8-3-4-10-17(15)23-19-18-16(9-5-11-22-18)20(25)24(19)13-14-7-6-12-28-14/h3-12,19,23H,2,13H2,1H3/t19-/m0/s1. The third-order valence-electron chi connectivity index (χ3n) is 4.52. The summed E-state index contributed by atoms with van der Waals surface area (Å²) in [5.41, 5.74) is 2.26. The summed E-state index contributed by atoms with van der Waals surface area (Å²) < 4.78 is 5.16. The first-order valence-corrected chi connectivity index (χ1v) is 9.88. The fourth-order valence-corrected chi connectivity index (χ4v) is 3.96. The van der Waals surface area contributed by atoms with Crippen molar-refractivity contribution in [2.75, 3.05) is 11.9 Å². The SMILES string of the molecule is CCOC(=O)c1ccccc1N[C@@H]1c2ncccc2C(=O)N1Cc1cccs1. The molecular formula is C21H19N3O3S. The number of nitrogens with zero attached hydrogens (tertiary/aromatic N) is 2. The van der Waals surface area contributed by atoms with Gasteiger partial charge in [-0.15, -0.1) is 11.3 Å². The Morgan fingerprint density at radius 1 is 1.21 bits per heavy atom. The number of fused-ring (bicyclic) bond motifs is 1. The molecule has 0 saturated heterocycles. The van der Waals surface area contributed by atoms with Crippen molar-refractivity contribution >= 4 is 28.9 Å². The van der Waals surface area contributed by atoms with Crippen LogP contribution in [-0.4, -0.2) is 28.4 Å². The third-order valence-corrected chi connectivity index (χ3v) is 5.38. The van der Waals surface area contributed by atoms with Crippen LogP contribution in [0.25, 0.3) is 0 Å². The van der Waals surface area contributed by atoms with E-state index in [9.17, 15) is 9.59 Å². The highest BCUT2D eigenvalue weighted by atomic mass is 32.1. The Balaban J connectivity index is 1.70. The number of esters is 1. The van der Waals surface area contributed by atoms with E-state index in [0.29, 0.717) is 35.7 Å². The second kappa shape index (κ2) is 7.82. The summed E-state index contributed by atoms with van der Waals surface area (Å²) in [6.45, 7) is 2.53. The number of pyridine rings is 1. The first-order chi connectivity index (χ1) is 13.7. The Hall–Kier alpha value is -3.19. The highest BCUT2D eigenvalue weighted by Crippen LogP contribution is 2.35. The van der Waals surface area contributed by atoms with E-state index in [0.717, 1.165) is 4.88 Å². The Morgan fingerprint density at radius 2 is 2.07 bits per heavy atom. The molecule has 0 radical (unpaired) electrons. The van der Waals surface area contributed by atoms with Crippen LogP contribution in [0.1, 0.15) is 44.4 Å². The van der Waals surface area contributed by atoms with Crippen molar-refractivity contribution in [1.29, 1.82) is 0 Å². The van der Waals surface area contributed by atoms with Crippen LogP contribution in [0.2, 0.25) is 0 Å². The maximum Gasteiger partial charge on any atom is 0.340 e. The molecule has 0 spiro atoms. The minimum absolute atomic E-state index is 0.0809. The van der Waals surface area contributed by atoms with Gasteiger partial charge in [-0.25, -0.2) is 4.79 Å². The molecule has 2 aromatic heterocycles. The number of ether oxygens (including phenoxy) is 1. The number of para-hydroxylation sites is 1. The van der Waals surface area contributed by atoms with Gasteiger partial charge in [-0.2, -0.15) is 0 Å². The van der Waals surface area contributed by atoms with Crippen molar-refractivity contribution in [2.45, 2.75) is 19.6 Å². The number of benzene rings is 1. The average molecular weight is 393 g/mol. The van der Waals surface area contributed by atoms with Gasteiger partial charge in [0.2, 0.25) is 0 Å². The maximum absolute atomic E-state index is 13.0. The van der Waals surface area contributed by atoms with Gasteiger partial charge in [0, 0.05) is 11.1 Å². The summed E-state index contributed by atoms with van der Waals surface area (Å²) in [5, 5.41) is 5.33. The van der Waals surface area contributed by atoms with Gasteiger partial charge >= 0.3 is 5.97 Å². The lowest BCUT2D eigenvalue weighted by atomic mass is 10.1. The van der Waals surface area contributed by atoms with E-state index in [1.54, 1.807) is 59.7 Å². The van der Waals surface area contributed by atoms with Crippen molar-refractivity contribution in [3.8, 4) is 0 Å². The molecule has 1 N–H and O–H groups in total. The van der Waals surface area contributed by atoms with Crippen LogP contribution < -0.4 is 5.32 Å². The summed E-state index contributed by atoms with van der Waals surface area (Å²) in [5.74, 6) is -0.483. The molecule has 6 nitrogen and oxygen atoms in total. The average Bonchev–Trinajstić information content (AvgIpc) is 3.32. The quantitative estimate of drug-likeness (QED) is 0.639. The van der Waals surface area contributed by atoms with Gasteiger partial charge in [-0.05, 0) is 42.6 Å². The molecule has 3 aromatic rings. The number of aromatic nitrogens is 1. The van der Waals surface area contributed by atoms with E-state index >= 15 is 0 Å². The van der Waals surface area contributed by atoms with Crippen molar-refractivity contribution in [3.05, 3.63) is 81.8 Å². The van der Waals surface area contributed by atoms with Crippen LogP contribution >= 0.6 is 11.3 Å². The number of carbonyl (C=O) groups is 2. The lowest BCUT2D eigenvalue weighted by Crippen LogP contribution is -2.32. The third kappa shape index (κ3) is 3.36. The Bertz CT molecular complexity index is 1000. The monoisotopic (exact) mass is 393 g/mol. The molecule has 1 aliphatic rings. The Labute approximate surface area is 166 Å². The van der Waals surface area contributed by atoms with Crippen LogP contribution in [-0.2, 0) is 11.3 Å². The van der Waals surface area contributed by atoms with E-state index < -0.39 is 12.1 Å². The van der Waals surface area contributed by atoms with Gasteiger partial charge in [-0.1, -0.05) is 18.2 Å². The molecule has 1 atom stereocenters. The molecule has 0 aliphatic carbocycles. The lowest BCUT2D eigenvalue weighted by Gasteiger charge is -2.26. The highest BCUT2D eigenvalue weighted by molar-refractivity contribution is 7.09. The molecule has 4 rings (SSSR count). The minimum Gasteiger partial charge on any atom is -0.462 e. The second-order valence-electron chi connectivity index (χ2n) is 6.26. The predicted molar refractivity (Wildman–Crippen MR) is 107 cm³/mol. The molecule has 1 amide bonds. The number of amides is 1. The van der Waals surface area contributed by atoms with Crippen LogP contribution in [0.3, 0.4) is 0 Å². The smallest absolute Gasteiger partial charge is 0.340 e. The zero-order chi connectivity index (χ0) is 19.5. The van der Waals surface area contributed by atoms with Gasteiger partial charge in [0.15, 0.2) is 0 Å². The van der Waals surface area contributed by atoms with E-state index in [2.05, 4.69) is 10.3 Å². The van der Waals surface area contributed by atoms with Crippen molar-refractivity contribution in [3.63, 3.8) is 0 Å². The first-order valence-electron chi connectivity index (χ1n) is 9.00.